The molecule has 0 aromatic heterocycles. The summed E-state index contributed by atoms with van der Waals surface area (Å²) in [6.07, 6.45) is 0. The van der Waals surface area contributed by atoms with Crippen LogP contribution in [0, 0.1) is 13.8 Å². The van der Waals surface area contributed by atoms with Crippen LogP contribution in [0.5, 0.6) is 5.75 Å². The molecule has 0 fully saturated rings. The van der Waals surface area contributed by atoms with E-state index in [9.17, 15) is 21.6 Å². The molecular weight excluding hydrogens is 574 g/mol. The van der Waals surface area contributed by atoms with E-state index in [1.54, 1.807) is 43.3 Å². The van der Waals surface area contributed by atoms with Gasteiger partial charge in [0, 0.05) is 16.9 Å². The summed E-state index contributed by atoms with van der Waals surface area (Å²) in [4.78, 5) is 12.7. The van der Waals surface area contributed by atoms with Crippen LogP contribution in [0.25, 0.3) is 0 Å². The molecule has 0 aliphatic carbocycles. The predicted molar refractivity (Wildman–Crippen MR) is 156 cm³/mol. The van der Waals surface area contributed by atoms with Gasteiger partial charge >= 0.3 is 0 Å². The zero-order valence-electron chi connectivity index (χ0n) is 21.7. The molecule has 0 spiro atoms. The van der Waals surface area contributed by atoms with Crippen molar-refractivity contribution in [3.63, 3.8) is 0 Å². The van der Waals surface area contributed by atoms with Gasteiger partial charge in [0.05, 0.1) is 22.7 Å². The SMILES string of the molecule is COc1ccc(NS(=O)(=O)c2ccc(NC(=O)c3ccc(Cl)c(S(=O)(=O)Nc4cccc(C)c4C)c3)cc2)cc1. The lowest BCUT2D eigenvalue weighted by atomic mass is 10.1. The molecule has 0 aliphatic rings. The van der Waals surface area contributed by atoms with E-state index in [4.69, 9.17) is 16.3 Å². The Bertz CT molecular complexity index is 1770. The van der Waals surface area contributed by atoms with Crippen LogP contribution in [0.3, 0.4) is 0 Å². The topological polar surface area (TPSA) is 131 Å². The minimum atomic E-state index is -4.11. The number of nitrogens with one attached hydrogen (secondary N) is 3. The highest BCUT2D eigenvalue weighted by atomic mass is 35.5. The Morgan fingerprint density at radius 3 is 2.08 bits per heavy atom. The van der Waals surface area contributed by atoms with Crippen LogP contribution in [0.15, 0.2) is 94.7 Å². The molecule has 208 valence electrons. The number of benzene rings is 4. The summed E-state index contributed by atoms with van der Waals surface area (Å²) in [6.45, 7) is 3.66. The highest BCUT2D eigenvalue weighted by molar-refractivity contribution is 7.93. The number of anilines is 3. The molecule has 4 aromatic rings. The van der Waals surface area contributed by atoms with Gasteiger partial charge in [-0.05, 0) is 97.8 Å². The van der Waals surface area contributed by atoms with Crippen molar-refractivity contribution < 1.29 is 26.4 Å². The van der Waals surface area contributed by atoms with E-state index in [0.29, 0.717) is 22.8 Å². The second kappa shape index (κ2) is 11.6. The lowest BCUT2D eigenvalue weighted by molar-refractivity contribution is 0.102. The Hall–Kier alpha value is -4.06. The van der Waals surface area contributed by atoms with Crippen molar-refractivity contribution >= 4 is 54.6 Å². The van der Waals surface area contributed by atoms with Crippen molar-refractivity contribution in [2.75, 3.05) is 21.9 Å². The zero-order chi connectivity index (χ0) is 29.1. The third-order valence-electron chi connectivity index (χ3n) is 6.10. The van der Waals surface area contributed by atoms with Crippen molar-refractivity contribution in [2.24, 2.45) is 0 Å². The lowest BCUT2D eigenvalue weighted by Crippen LogP contribution is -2.17. The summed E-state index contributed by atoms with van der Waals surface area (Å²) < 4.78 is 61.8. The van der Waals surface area contributed by atoms with Gasteiger partial charge in [-0.2, -0.15) is 0 Å². The molecule has 12 heteroatoms. The molecule has 0 unspecified atom stereocenters. The van der Waals surface area contributed by atoms with Crippen molar-refractivity contribution in [2.45, 2.75) is 23.6 Å². The summed E-state index contributed by atoms with van der Waals surface area (Å²) in [5.41, 5.74) is 2.79. The Morgan fingerprint density at radius 2 is 1.43 bits per heavy atom. The number of carbonyl (C=O) groups excluding carboxylic acids is 1. The quantitative estimate of drug-likeness (QED) is 0.222. The molecular formula is C28H26ClN3O6S2. The van der Waals surface area contributed by atoms with Crippen LogP contribution in [0.4, 0.5) is 17.1 Å². The van der Waals surface area contributed by atoms with Gasteiger partial charge in [0.15, 0.2) is 0 Å². The van der Waals surface area contributed by atoms with Gasteiger partial charge in [-0.25, -0.2) is 16.8 Å². The van der Waals surface area contributed by atoms with Gasteiger partial charge in [0.25, 0.3) is 26.0 Å². The van der Waals surface area contributed by atoms with Gasteiger partial charge in [0.1, 0.15) is 10.6 Å². The third-order valence-corrected chi connectivity index (χ3v) is 9.34. The predicted octanol–water partition coefficient (Wildman–Crippen LogP) is 5.82. The van der Waals surface area contributed by atoms with Crippen LogP contribution in [-0.2, 0) is 20.0 Å². The fourth-order valence-corrected chi connectivity index (χ4v) is 6.41. The fraction of sp³-hybridized carbons (Fsp3) is 0.107. The van der Waals surface area contributed by atoms with E-state index in [0.717, 1.165) is 11.1 Å². The number of rotatable bonds is 9. The Balaban J connectivity index is 1.49. The van der Waals surface area contributed by atoms with Crippen molar-refractivity contribution in [1.29, 1.82) is 0 Å². The molecule has 0 bridgehead atoms. The fourth-order valence-electron chi connectivity index (χ4n) is 3.71. The minimum Gasteiger partial charge on any atom is -0.497 e. The smallest absolute Gasteiger partial charge is 0.263 e. The van der Waals surface area contributed by atoms with E-state index in [1.807, 2.05) is 13.0 Å². The highest BCUT2D eigenvalue weighted by Crippen LogP contribution is 2.28. The molecule has 1 amide bonds. The summed E-state index contributed by atoms with van der Waals surface area (Å²) in [5.74, 6) is -0.0158. The molecule has 4 rings (SSSR count). The number of carbonyl (C=O) groups is 1. The highest BCUT2D eigenvalue weighted by Gasteiger charge is 2.22. The molecule has 9 nitrogen and oxygen atoms in total. The largest absolute Gasteiger partial charge is 0.497 e. The van der Waals surface area contributed by atoms with Crippen molar-refractivity contribution in [3.8, 4) is 5.75 Å². The number of hydrogen-bond donors (Lipinski definition) is 3. The van der Waals surface area contributed by atoms with Gasteiger partial charge in [0.2, 0.25) is 0 Å². The Morgan fingerprint density at radius 1 is 0.775 bits per heavy atom. The lowest BCUT2D eigenvalue weighted by Gasteiger charge is -2.14. The second-order valence-electron chi connectivity index (χ2n) is 8.81. The molecule has 4 aromatic carbocycles. The first-order valence-corrected chi connectivity index (χ1v) is 15.2. The van der Waals surface area contributed by atoms with Gasteiger partial charge in [-0.15, -0.1) is 0 Å². The van der Waals surface area contributed by atoms with E-state index in [-0.39, 0.29) is 20.4 Å². The Kier molecular flexibility index (Phi) is 8.38. The maximum absolute atomic E-state index is 13.1. The number of ether oxygens (including phenoxy) is 1. The summed E-state index contributed by atoms with van der Waals surface area (Å²) >= 11 is 6.20. The molecule has 40 heavy (non-hydrogen) atoms. The number of methoxy groups -OCH3 is 1. The number of amides is 1. The van der Waals surface area contributed by atoms with E-state index in [1.165, 1.54) is 49.6 Å². The molecule has 0 saturated heterocycles. The molecule has 0 saturated carbocycles. The van der Waals surface area contributed by atoms with Crippen molar-refractivity contribution in [3.05, 3.63) is 107 Å². The van der Waals surface area contributed by atoms with Crippen LogP contribution in [0.1, 0.15) is 21.5 Å². The first-order chi connectivity index (χ1) is 18.9. The van der Waals surface area contributed by atoms with Crippen molar-refractivity contribution in [1.82, 2.24) is 0 Å². The maximum Gasteiger partial charge on any atom is 0.263 e. The minimum absolute atomic E-state index is 0.0151. The monoisotopic (exact) mass is 599 g/mol. The summed E-state index contributed by atoms with van der Waals surface area (Å²) in [7, 11) is -6.48. The van der Waals surface area contributed by atoms with Gasteiger partial charge < -0.3 is 10.1 Å². The molecule has 0 heterocycles. The first kappa shape index (κ1) is 28.9. The molecule has 0 aliphatic heterocycles. The second-order valence-corrected chi connectivity index (χ2v) is 12.6. The van der Waals surface area contributed by atoms with Crippen LogP contribution in [0.2, 0.25) is 5.02 Å². The van der Waals surface area contributed by atoms with Gasteiger partial charge in [-0.1, -0.05) is 23.7 Å². The van der Waals surface area contributed by atoms with Crippen LogP contribution >= 0.6 is 11.6 Å². The maximum atomic E-state index is 13.1. The van der Waals surface area contributed by atoms with E-state index in [2.05, 4.69) is 14.8 Å². The van der Waals surface area contributed by atoms with Gasteiger partial charge in [-0.3, -0.25) is 14.2 Å². The third kappa shape index (κ3) is 6.56. The normalized spacial score (nSPS) is 11.5. The molecule has 0 radical (unpaired) electrons. The standard InChI is InChI=1S/C28H26ClN3O6S2/c1-18-5-4-6-26(19(18)2)32-40(36,37)27-17-20(7-16-25(27)29)28(33)30-21-10-14-24(15-11-21)39(34,35)31-22-8-12-23(38-3)13-9-22/h4-17,31-32H,1-3H3,(H,30,33). The average Bonchev–Trinajstić information content (AvgIpc) is 2.92. The van der Waals surface area contributed by atoms with Crippen LogP contribution in [-0.4, -0.2) is 29.9 Å². The summed E-state index contributed by atoms with van der Waals surface area (Å²) in [6, 6.07) is 21.1. The number of sulfonamides is 2. The van der Waals surface area contributed by atoms with E-state index < -0.39 is 26.0 Å². The first-order valence-electron chi connectivity index (χ1n) is 11.9. The van der Waals surface area contributed by atoms with E-state index >= 15 is 0 Å². The number of aryl methyl sites for hydroxylation is 1. The molecule has 0 atom stereocenters. The number of hydrogen-bond acceptors (Lipinski definition) is 6. The molecule has 3 N–H and O–H groups in total. The average molecular weight is 600 g/mol. The number of halogens is 1. The van der Waals surface area contributed by atoms with Crippen LogP contribution < -0.4 is 19.5 Å². The Labute approximate surface area is 238 Å². The zero-order valence-corrected chi connectivity index (χ0v) is 24.1. The summed E-state index contributed by atoms with van der Waals surface area (Å²) in [5, 5.41) is 2.59.